The van der Waals surface area contributed by atoms with Crippen LogP contribution in [0.1, 0.15) is 5.56 Å². The van der Waals surface area contributed by atoms with Gasteiger partial charge in [-0.2, -0.15) is 0 Å². The summed E-state index contributed by atoms with van der Waals surface area (Å²) in [5.74, 6) is 0.510. The summed E-state index contributed by atoms with van der Waals surface area (Å²) in [7, 11) is 1.58. The zero-order valence-electron chi connectivity index (χ0n) is 11.0. The van der Waals surface area contributed by atoms with Gasteiger partial charge in [0, 0.05) is 0 Å². The molecule has 2 rings (SSSR count). The third kappa shape index (κ3) is 3.44. The highest BCUT2D eigenvalue weighted by Gasteiger charge is 2.30. The van der Waals surface area contributed by atoms with E-state index in [1.807, 2.05) is 25.1 Å². The monoisotopic (exact) mass is 282 g/mol. The van der Waals surface area contributed by atoms with Gasteiger partial charge in [-0.25, -0.2) is 0 Å². The molecule has 2 aromatic carbocycles. The first-order chi connectivity index (χ1) is 9.39. The second-order valence-electron chi connectivity index (χ2n) is 4.25. The maximum atomic E-state index is 12.1. The molecule has 0 heterocycles. The molecule has 0 spiro atoms. The van der Waals surface area contributed by atoms with Crippen molar-refractivity contribution < 1.29 is 22.6 Å². The molecule has 2 nitrogen and oxygen atoms in total. The highest BCUT2D eigenvalue weighted by atomic mass is 19.4. The van der Waals surface area contributed by atoms with Crippen molar-refractivity contribution >= 4 is 0 Å². The lowest BCUT2D eigenvalue weighted by molar-refractivity contribution is -0.274. The molecule has 0 aliphatic rings. The smallest absolute Gasteiger partial charge is 0.497 e. The van der Waals surface area contributed by atoms with Crippen LogP contribution in [0.2, 0.25) is 0 Å². The molecule has 20 heavy (non-hydrogen) atoms. The van der Waals surface area contributed by atoms with E-state index >= 15 is 0 Å². The van der Waals surface area contributed by atoms with Crippen LogP contribution >= 0.6 is 0 Å². The topological polar surface area (TPSA) is 18.5 Å². The Morgan fingerprint density at radius 2 is 1.50 bits per heavy atom. The van der Waals surface area contributed by atoms with E-state index in [0.717, 1.165) is 22.4 Å². The number of methoxy groups -OCH3 is 1. The fraction of sp³-hybridized carbons (Fsp3) is 0.200. The minimum absolute atomic E-state index is 0.229. The van der Waals surface area contributed by atoms with Crippen LogP contribution in [0.4, 0.5) is 13.2 Å². The molecule has 0 aliphatic carbocycles. The molecule has 0 aliphatic heterocycles. The number of rotatable bonds is 3. The molecule has 5 heteroatoms. The lowest BCUT2D eigenvalue weighted by Gasteiger charge is -2.11. The molecule has 0 amide bonds. The Labute approximate surface area is 114 Å². The van der Waals surface area contributed by atoms with Crippen molar-refractivity contribution in [2.75, 3.05) is 7.11 Å². The van der Waals surface area contributed by atoms with Crippen molar-refractivity contribution in [1.82, 2.24) is 0 Å². The number of benzene rings is 2. The molecular weight excluding hydrogens is 269 g/mol. The Morgan fingerprint density at radius 1 is 0.900 bits per heavy atom. The Kier molecular flexibility index (Phi) is 3.88. The van der Waals surface area contributed by atoms with Gasteiger partial charge in [-0.05, 0) is 47.9 Å². The Hall–Kier alpha value is -2.17. The molecule has 106 valence electrons. The van der Waals surface area contributed by atoms with Gasteiger partial charge in [-0.15, -0.1) is 13.2 Å². The second-order valence-corrected chi connectivity index (χ2v) is 4.25. The molecule has 0 saturated carbocycles. The largest absolute Gasteiger partial charge is 0.573 e. The Morgan fingerprint density at radius 3 is 2.00 bits per heavy atom. The normalized spacial score (nSPS) is 11.2. The summed E-state index contributed by atoms with van der Waals surface area (Å²) >= 11 is 0. The fourth-order valence-electron chi connectivity index (χ4n) is 1.92. The number of halogens is 3. The van der Waals surface area contributed by atoms with Crippen molar-refractivity contribution in [1.29, 1.82) is 0 Å². The summed E-state index contributed by atoms with van der Waals surface area (Å²) in [4.78, 5) is 0. The second kappa shape index (κ2) is 5.45. The van der Waals surface area contributed by atoms with Crippen LogP contribution in [-0.4, -0.2) is 13.5 Å². The maximum Gasteiger partial charge on any atom is 0.573 e. The Balaban J connectivity index is 2.26. The first-order valence-corrected chi connectivity index (χ1v) is 5.90. The molecule has 0 saturated heterocycles. The van der Waals surface area contributed by atoms with E-state index in [0.29, 0.717) is 0 Å². The van der Waals surface area contributed by atoms with E-state index in [1.54, 1.807) is 19.2 Å². The van der Waals surface area contributed by atoms with Crippen LogP contribution < -0.4 is 9.47 Å². The predicted octanol–water partition coefficient (Wildman–Crippen LogP) is 4.57. The average Bonchev–Trinajstić information content (AvgIpc) is 2.38. The fourth-order valence-corrected chi connectivity index (χ4v) is 1.92. The number of aryl methyl sites for hydroxylation is 1. The van der Waals surface area contributed by atoms with Crippen molar-refractivity contribution in [2.45, 2.75) is 13.3 Å². The molecule has 2 aromatic rings. The molecule has 0 fully saturated rings. The standard InChI is InChI=1S/C15H13F3O2/c1-10-9-13(19-2)7-8-14(10)11-3-5-12(6-4-11)20-15(16,17)18/h3-9H,1-2H3. The summed E-state index contributed by atoms with van der Waals surface area (Å²) in [6.07, 6.45) is -4.67. The quantitative estimate of drug-likeness (QED) is 0.821. The van der Waals surface area contributed by atoms with Gasteiger partial charge in [0.05, 0.1) is 7.11 Å². The highest BCUT2D eigenvalue weighted by molar-refractivity contribution is 5.68. The van der Waals surface area contributed by atoms with Gasteiger partial charge in [-0.1, -0.05) is 18.2 Å². The summed E-state index contributed by atoms with van der Waals surface area (Å²) in [5, 5.41) is 0. The summed E-state index contributed by atoms with van der Waals surface area (Å²) in [6, 6.07) is 11.3. The molecule has 0 radical (unpaired) electrons. The summed E-state index contributed by atoms with van der Waals surface area (Å²) in [5.41, 5.74) is 2.73. The Bertz CT molecular complexity index is 589. The molecule has 0 aromatic heterocycles. The van der Waals surface area contributed by atoms with E-state index in [4.69, 9.17) is 4.74 Å². The van der Waals surface area contributed by atoms with E-state index in [-0.39, 0.29) is 5.75 Å². The van der Waals surface area contributed by atoms with Crippen molar-refractivity contribution in [3.63, 3.8) is 0 Å². The average molecular weight is 282 g/mol. The van der Waals surface area contributed by atoms with Crippen molar-refractivity contribution in [3.05, 3.63) is 48.0 Å². The van der Waals surface area contributed by atoms with Crippen LogP contribution in [0.3, 0.4) is 0 Å². The summed E-state index contributed by atoms with van der Waals surface area (Å²) in [6.45, 7) is 1.91. The molecular formula is C15H13F3O2. The van der Waals surface area contributed by atoms with Crippen LogP contribution in [0.15, 0.2) is 42.5 Å². The molecule has 0 N–H and O–H groups in total. The van der Waals surface area contributed by atoms with Gasteiger partial charge in [0.15, 0.2) is 0 Å². The molecule has 0 atom stereocenters. The highest BCUT2D eigenvalue weighted by Crippen LogP contribution is 2.29. The van der Waals surface area contributed by atoms with Gasteiger partial charge in [0.1, 0.15) is 11.5 Å². The SMILES string of the molecule is COc1ccc(-c2ccc(OC(F)(F)F)cc2)c(C)c1. The van der Waals surface area contributed by atoms with Crippen molar-refractivity contribution in [2.24, 2.45) is 0 Å². The molecule has 0 unspecified atom stereocenters. The summed E-state index contributed by atoms with van der Waals surface area (Å²) < 4.78 is 45.2. The minimum Gasteiger partial charge on any atom is -0.497 e. The van der Waals surface area contributed by atoms with Gasteiger partial charge < -0.3 is 9.47 Å². The predicted molar refractivity (Wildman–Crippen MR) is 69.9 cm³/mol. The third-order valence-electron chi connectivity index (χ3n) is 2.83. The lowest BCUT2D eigenvalue weighted by atomic mass is 10.0. The van der Waals surface area contributed by atoms with E-state index in [2.05, 4.69) is 4.74 Å². The first-order valence-electron chi connectivity index (χ1n) is 5.90. The third-order valence-corrected chi connectivity index (χ3v) is 2.83. The minimum atomic E-state index is -4.67. The number of hydrogen-bond donors (Lipinski definition) is 0. The maximum absolute atomic E-state index is 12.1. The van der Waals surface area contributed by atoms with Gasteiger partial charge in [0.2, 0.25) is 0 Å². The van der Waals surface area contributed by atoms with E-state index in [1.165, 1.54) is 12.1 Å². The number of alkyl halides is 3. The van der Waals surface area contributed by atoms with Crippen LogP contribution in [0, 0.1) is 6.92 Å². The van der Waals surface area contributed by atoms with E-state index in [9.17, 15) is 13.2 Å². The van der Waals surface area contributed by atoms with Crippen LogP contribution in [-0.2, 0) is 0 Å². The number of ether oxygens (including phenoxy) is 2. The molecule has 0 bridgehead atoms. The zero-order chi connectivity index (χ0) is 14.8. The number of hydrogen-bond acceptors (Lipinski definition) is 2. The first kappa shape index (κ1) is 14.2. The van der Waals surface area contributed by atoms with Crippen LogP contribution in [0.5, 0.6) is 11.5 Å². The zero-order valence-corrected chi connectivity index (χ0v) is 11.0. The van der Waals surface area contributed by atoms with Gasteiger partial charge in [-0.3, -0.25) is 0 Å². The van der Waals surface area contributed by atoms with Crippen molar-refractivity contribution in [3.8, 4) is 22.6 Å². The lowest BCUT2D eigenvalue weighted by Crippen LogP contribution is -2.16. The van der Waals surface area contributed by atoms with E-state index < -0.39 is 6.36 Å². The van der Waals surface area contributed by atoms with Gasteiger partial charge in [0.25, 0.3) is 0 Å². The van der Waals surface area contributed by atoms with Gasteiger partial charge >= 0.3 is 6.36 Å². The van der Waals surface area contributed by atoms with Crippen LogP contribution in [0.25, 0.3) is 11.1 Å².